The molecule has 0 spiro atoms. The summed E-state index contributed by atoms with van der Waals surface area (Å²) in [5.74, 6) is 0. The molecular weight excluding hydrogens is 275 g/mol. The molecule has 0 aliphatic carbocycles. The molecule has 0 heterocycles. The fourth-order valence-corrected chi connectivity index (χ4v) is 1.50. The van der Waals surface area contributed by atoms with Gasteiger partial charge in [-0.3, -0.25) is 0 Å². The second-order valence-electron chi connectivity index (χ2n) is 4.32. The van der Waals surface area contributed by atoms with Crippen LogP contribution in [-0.2, 0) is 0 Å². The lowest BCUT2D eigenvalue weighted by Crippen LogP contribution is -2.17. The molecule has 0 fully saturated rings. The molecule has 1 aromatic rings. The molecule has 1 atom stereocenters. The summed E-state index contributed by atoms with van der Waals surface area (Å²) >= 11 is 2.26. The Balaban J connectivity index is 2.90. The van der Waals surface area contributed by atoms with E-state index in [1.165, 1.54) is 3.57 Å². The predicted octanol–water partition coefficient (Wildman–Crippen LogP) is 3.37. The van der Waals surface area contributed by atoms with E-state index in [0.717, 1.165) is 5.56 Å². The van der Waals surface area contributed by atoms with E-state index < -0.39 is 0 Å². The van der Waals surface area contributed by atoms with Crippen molar-refractivity contribution >= 4 is 22.6 Å². The van der Waals surface area contributed by atoms with Gasteiger partial charge in [-0.2, -0.15) is 0 Å². The van der Waals surface area contributed by atoms with Crippen LogP contribution in [0.1, 0.15) is 32.4 Å². The molecule has 0 aromatic heterocycles. The standard InChI is InChI=1S/C11H15IO/c1-11(2,3)10(13)8-4-6-9(12)7-5-8/h4-7,10,13H,1-3H3. The second-order valence-corrected chi connectivity index (χ2v) is 5.57. The Hall–Kier alpha value is -0.0900. The number of aliphatic hydroxyl groups is 1. The first kappa shape index (κ1) is 11.0. The van der Waals surface area contributed by atoms with Gasteiger partial charge in [0.2, 0.25) is 0 Å². The lowest BCUT2D eigenvalue weighted by molar-refractivity contribution is 0.0627. The van der Waals surface area contributed by atoms with E-state index in [1.807, 2.05) is 45.0 Å². The van der Waals surface area contributed by atoms with E-state index in [0.29, 0.717) is 0 Å². The molecule has 0 saturated carbocycles. The van der Waals surface area contributed by atoms with Crippen molar-refractivity contribution in [3.05, 3.63) is 33.4 Å². The van der Waals surface area contributed by atoms with Gasteiger partial charge < -0.3 is 5.11 Å². The Bertz CT molecular complexity index is 271. The van der Waals surface area contributed by atoms with E-state index in [-0.39, 0.29) is 11.5 Å². The van der Waals surface area contributed by atoms with Gasteiger partial charge in [0.25, 0.3) is 0 Å². The molecule has 0 bridgehead atoms. The Labute approximate surface area is 93.3 Å². The van der Waals surface area contributed by atoms with Crippen LogP contribution in [0, 0.1) is 8.99 Å². The average Bonchev–Trinajstić information content (AvgIpc) is 2.03. The highest BCUT2D eigenvalue weighted by Crippen LogP contribution is 2.32. The van der Waals surface area contributed by atoms with Gasteiger partial charge in [0.15, 0.2) is 0 Å². The van der Waals surface area contributed by atoms with Gasteiger partial charge in [0.1, 0.15) is 0 Å². The number of rotatable bonds is 1. The molecular formula is C11H15IO. The van der Waals surface area contributed by atoms with E-state index in [1.54, 1.807) is 0 Å². The smallest absolute Gasteiger partial charge is 0.0838 e. The summed E-state index contributed by atoms with van der Waals surface area (Å²) in [7, 11) is 0. The minimum Gasteiger partial charge on any atom is -0.388 e. The van der Waals surface area contributed by atoms with Crippen LogP contribution in [0.4, 0.5) is 0 Å². The van der Waals surface area contributed by atoms with E-state index >= 15 is 0 Å². The fourth-order valence-electron chi connectivity index (χ4n) is 1.15. The largest absolute Gasteiger partial charge is 0.388 e. The van der Waals surface area contributed by atoms with E-state index in [2.05, 4.69) is 22.6 Å². The highest BCUT2D eigenvalue weighted by Gasteiger charge is 2.23. The summed E-state index contributed by atoms with van der Waals surface area (Å²) in [6.07, 6.45) is -0.385. The van der Waals surface area contributed by atoms with Crippen LogP contribution >= 0.6 is 22.6 Å². The summed E-state index contributed by atoms with van der Waals surface area (Å²) < 4.78 is 1.20. The molecule has 0 aliphatic heterocycles. The number of benzene rings is 1. The molecule has 0 radical (unpaired) electrons. The predicted molar refractivity (Wildman–Crippen MR) is 63.6 cm³/mol. The zero-order valence-electron chi connectivity index (χ0n) is 8.21. The van der Waals surface area contributed by atoms with Crippen molar-refractivity contribution in [2.45, 2.75) is 26.9 Å². The van der Waals surface area contributed by atoms with Gasteiger partial charge >= 0.3 is 0 Å². The van der Waals surface area contributed by atoms with Gasteiger partial charge in [-0.05, 0) is 45.7 Å². The van der Waals surface area contributed by atoms with Crippen molar-refractivity contribution in [3.63, 3.8) is 0 Å². The highest BCUT2D eigenvalue weighted by molar-refractivity contribution is 14.1. The van der Waals surface area contributed by atoms with Crippen molar-refractivity contribution in [2.75, 3.05) is 0 Å². The van der Waals surface area contributed by atoms with Gasteiger partial charge in [-0.25, -0.2) is 0 Å². The SMILES string of the molecule is CC(C)(C)C(O)c1ccc(I)cc1. The third-order valence-corrected chi connectivity index (χ3v) is 2.73. The third kappa shape index (κ3) is 2.95. The summed E-state index contributed by atoms with van der Waals surface area (Å²) in [6, 6.07) is 8.01. The first-order chi connectivity index (χ1) is 5.91. The zero-order chi connectivity index (χ0) is 10.1. The van der Waals surface area contributed by atoms with Crippen LogP contribution in [0.3, 0.4) is 0 Å². The summed E-state index contributed by atoms with van der Waals surface area (Å²) in [6.45, 7) is 6.11. The first-order valence-corrected chi connectivity index (χ1v) is 5.42. The van der Waals surface area contributed by atoms with Crippen LogP contribution in [0.2, 0.25) is 0 Å². The first-order valence-electron chi connectivity index (χ1n) is 4.35. The minimum absolute atomic E-state index is 0.0905. The third-order valence-electron chi connectivity index (χ3n) is 2.01. The highest BCUT2D eigenvalue weighted by atomic mass is 127. The number of hydrogen-bond acceptors (Lipinski definition) is 1. The van der Waals surface area contributed by atoms with Crippen molar-refractivity contribution in [1.29, 1.82) is 0 Å². The van der Waals surface area contributed by atoms with E-state index in [9.17, 15) is 5.11 Å². The van der Waals surface area contributed by atoms with E-state index in [4.69, 9.17) is 0 Å². The molecule has 0 saturated heterocycles. The molecule has 72 valence electrons. The maximum Gasteiger partial charge on any atom is 0.0838 e. The molecule has 2 heteroatoms. The van der Waals surface area contributed by atoms with Gasteiger partial charge in [-0.1, -0.05) is 32.9 Å². The van der Waals surface area contributed by atoms with Crippen molar-refractivity contribution in [3.8, 4) is 0 Å². The zero-order valence-corrected chi connectivity index (χ0v) is 10.4. The number of aliphatic hydroxyl groups excluding tert-OH is 1. The molecule has 1 N–H and O–H groups in total. The van der Waals surface area contributed by atoms with Crippen LogP contribution in [0.5, 0.6) is 0 Å². The quantitative estimate of drug-likeness (QED) is 0.786. The Morgan fingerprint density at radius 1 is 1.15 bits per heavy atom. The van der Waals surface area contributed by atoms with Crippen LogP contribution < -0.4 is 0 Å². The van der Waals surface area contributed by atoms with Crippen molar-refractivity contribution < 1.29 is 5.11 Å². The lowest BCUT2D eigenvalue weighted by atomic mass is 9.85. The van der Waals surface area contributed by atoms with Gasteiger partial charge in [0, 0.05) is 3.57 Å². The lowest BCUT2D eigenvalue weighted by Gasteiger charge is -2.26. The Morgan fingerprint density at radius 3 is 2.00 bits per heavy atom. The molecule has 1 nitrogen and oxygen atoms in total. The van der Waals surface area contributed by atoms with Crippen LogP contribution in [0.25, 0.3) is 0 Å². The number of halogens is 1. The summed E-state index contributed by atoms with van der Waals surface area (Å²) in [5, 5.41) is 9.95. The monoisotopic (exact) mass is 290 g/mol. The Morgan fingerprint density at radius 2 is 1.62 bits per heavy atom. The molecule has 13 heavy (non-hydrogen) atoms. The molecule has 0 amide bonds. The fraction of sp³-hybridized carbons (Fsp3) is 0.455. The van der Waals surface area contributed by atoms with Crippen LogP contribution in [0.15, 0.2) is 24.3 Å². The van der Waals surface area contributed by atoms with Crippen LogP contribution in [-0.4, -0.2) is 5.11 Å². The molecule has 1 unspecified atom stereocenters. The molecule has 0 aliphatic rings. The molecule has 1 aromatic carbocycles. The maximum absolute atomic E-state index is 9.95. The summed E-state index contributed by atoms with van der Waals surface area (Å²) in [4.78, 5) is 0. The minimum atomic E-state index is -0.385. The molecule has 1 rings (SSSR count). The Kier molecular flexibility index (Phi) is 3.35. The van der Waals surface area contributed by atoms with Gasteiger partial charge in [0.05, 0.1) is 6.10 Å². The summed E-state index contributed by atoms with van der Waals surface area (Å²) in [5.41, 5.74) is 0.903. The number of hydrogen-bond donors (Lipinski definition) is 1. The normalized spacial score (nSPS) is 14.2. The average molecular weight is 290 g/mol. The maximum atomic E-state index is 9.95. The van der Waals surface area contributed by atoms with Gasteiger partial charge in [-0.15, -0.1) is 0 Å². The van der Waals surface area contributed by atoms with Crippen molar-refractivity contribution in [2.24, 2.45) is 5.41 Å². The van der Waals surface area contributed by atoms with Crippen molar-refractivity contribution in [1.82, 2.24) is 0 Å². The topological polar surface area (TPSA) is 20.2 Å². The second kappa shape index (κ2) is 3.96.